The first-order chi connectivity index (χ1) is 9.35. The molecule has 2 heterocycles. The van der Waals surface area contributed by atoms with Gasteiger partial charge in [0, 0.05) is 30.5 Å². The zero-order valence-electron chi connectivity index (χ0n) is 13.1. The predicted octanol–water partition coefficient (Wildman–Crippen LogP) is 2.60. The average Bonchev–Trinajstić information content (AvgIpc) is 2.95. The van der Waals surface area contributed by atoms with Crippen LogP contribution in [0.2, 0.25) is 0 Å². The normalized spacial score (nSPS) is 12.3. The van der Waals surface area contributed by atoms with E-state index in [1.165, 1.54) is 5.56 Å². The van der Waals surface area contributed by atoms with Gasteiger partial charge in [-0.05, 0) is 46.2 Å². The van der Waals surface area contributed by atoms with Crippen LogP contribution in [-0.4, -0.2) is 24.9 Å². The second-order valence-electron chi connectivity index (χ2n) is 6.51. The summed E-state index contributed by atoms with van der Waals surface area (Å²) in [5, 5.41) is 7.76. The Labute approximate surface area is 121 Å². The van der Waals surface area contributed by atoms with Crippen LogP contribution in [0.5, 0.6) is 0 Å². The van der Waals surface area contributed by atoms with Crippen LogP contribution in [0.15, 0.2) is 24.8 Å². The number of rotatable bonds is 5. The highest BCUT2D eigenvalue weighted by molar-refractivity contribution is 5.11. The van der Waals surface area contributed by atoms with E-state index in [1.807, 2.05) is 4.68 Å². The van der Waals surface area contributed by atoms with Gasteiger partial charge < -0.3 is 9.88 Å². The maximum absolute atomic E-state index is 4.34. The van der Waals surface area contributed by atoms with E-state index in [-0.39, 0.29) is 5.54 Å². The highest BCUT2D eigenvalue weighted by atomic mass is 15.4. The van der Waals surface area contributed by atoms with Crippen molar-refractivity contribution in [2.75, 3.05) is 0 Å². The molecule has 0 aliphatic heterocycles. The van der Waals surface area contributed by atoms with E-state index in [0.717, 1.165) is 18.9 Å². The predicted molar refractivity (Wildman–Crippen MR) is 80.5 cm³/mol. The zero-order chi connectivity index (χ0) is 14.8. The lowest BCUT2D eigenvalue weighted by atomic mass is 10.1. The minimum absolute atomic E-state index is 0.139. The van der Waals surface area contributed by atoms with Gasteiger partial charge in [-0.1, -0.05) is 0 Å². The van der Waals surface area contributed by atoms with E-state index in [1.54, 1.807) is 6.33 Å². The molecule has 0 aromatic carbocycles. The Bertz CT molecular complexity index is 545. The molecule has 110 valence electrons. The van der Waals surface area contributed by atoms with Crippen LogP contribution in [0.1, 0.15) is 52.0 Å². The molecule has 0 saturated carbocycles. The number of nitrogens with zero attached hydrogens (tertiary/aromatic N) is 4. The quantitative estimate of drug-likeness (QED) is 0.912. The molecule has 5 nitrogen and oxygen atoms in total. The second-order valence-corrected chi connectivity index (χ2v) is 6.51. The van der Waals surface area contributed by atoms with Crippen LogP contribution in [0.25, 0.3) is 0 Å². The van der Waals surface area contributed by atoms with Crippen LogP contribution in [0, 0.1) is 0 Å². The van der Waals surface area contributed by atoms with Gasteiger partial charge in [0.1, 0.15) is 12.2 Å². The molecule has 0 spiro atoms. The molecule has 0 bridgehead atoms. The highest BCUT2D eigenvalue weighted by Crippen LogP contribution is 2.10. The topological polar surface area (TPSA) is 47.7 Å². The molecule has 20 heavy (non-hydrogen) atoms. The Morgan fingerprint density at radius 1 is 1.30 bits per heavy atom. The summed E-state index contributed by atoms with van der Waals surface area (Å²) in [6.07, 6.45) is 5.89. The maximum Gasteiger partial charge on any atom is 0.147 e. The molecule has 0 unspecified atom stereocenters. The highest BCUT2D eigenvalue weighted by Gasteiger charge is 2.10. The molecule has 0 atom stereocenters. The van der Waals surface area contributed by atoms with Gasteiger partial charge in [-0.25, -0.2) is 9.67 Å². The molecule has 2 rings (SSSR count). The molecule has 0 aliphatic rings. The third kappa shape index (κ3) is 3.93. The van der Waals surface area contributed by atoms with E-state index >= 15 is 0 Å². The zero-order valence-corrected chi connectivity index (χ0v) is 13.1. The van der Waals surface area contributed by atoms with Crippen LogP contribution >= 0.6 is 0 Å². The number of hydrogen-bond donors (Lipinski definition) is 1. The summed E-state index contributed by atoms with van der Waals surface area (Å²) in [6.45, 7) is 12.4. The minimum atomic E-state index is 0.139. The lowest BCUT2D eigenvalue weighted by molar-refractivity contribution is 0.424. The molecule has 1 N–H and O–H groups in total. The number of aromatic nitrogens is 4. The standard InChI is InChI=1S/C15H25N5/c1-12(2)20-14(16-11-18-20)10-19-7-6-13(9-19)8-17-15(3,4)5/h6-7,9,11-12,17H,8,10H2,1-5H3. The molecule has 0 radical (unpaired) electrons. The summed E-state index contributed by atoms with van der Waals surface area (Å²) in [6, 6.07) is 2.49. The van der Waals surface area contributed by atoms with Crippen LogP contribution in [-0.2, 0) is 13.1 Å². The third-order valence-corrected chi connectivity index (χ3v) is 3.09. The van der Waals surface area contributed by atoms with Crippen molar-refractivity contribution in [2.24, 2.45) is 0 Å². The maximum atomic E-state index is 4.34. The first-order valence-corrected chi connectivity index (χ1v) is 7.13. The molecule has 0 amide bonds. The smallest absolute Gasteiger partial charge is 0.147 e. The fourth-order valence-electron chi connectivity index (χ4n) is 2.04. The van der Waals surface area contributed by atoms with Gasteiger partial charge in [-0.2, -0.15) is 5.10 Å². The van der Waals surface area contributed by atoms with Crippen molar-refractivity contribution in [1.29, 1.82) is 0 Å². The number of hydrogen-bond acceptors (Lipinski definition) is 3. The van der Waals surface area contributed by atoms with Crippen molar-refractivity contribution in [3.63, 3.8) is 0 Å². The summed E-state index contributed by atoms with van der Waals surface area (Å²) in [5.74, 6) is 0.992. The lowest BCUT2D eigenvalue weighted by Crippen LogP contribution is -2.34. The van der Waals surface area contributed by atoms with Gasteiger partial charge in [0.15, 0.2) is 0 Å². The van der Waals surface area contributed by atoms with Gasteiger partial charge >= 0.3 is 0 Å². The Balaban J connectivity index is 2.01. The Hall–Kier alpha value is -1.62. The largest absolute Gasteiger partial charge is 0.346 e. The van der Waals surface area contributed by atoms with Gasteiger partial charge in [0.05, 0.1) is 6.54 Å². The van der Waals surface area contributed by atoms with E-state index in [0.29, 0.717) is 6.04 Å². The molecule has 2 aromatic rings. The van der Waals surface area contributed by atoms with Gasteiger partial charge in [0.25, 0.3) is 0 Å². The molecular weight excluding hydrogens is 250 g/mol. The lowest BCUT2D eigenvalue weighted by Gasteiger charge is -2.19. The Morgan fingerprint density at radius 2 is 2.05 bits per heavy atom. The van der Waals surface area contributed by atoms with Crippen molar-refractivity contribution < 1.29 is 0 Å². The Kier molecular flexibility index (Phi) is 4.28. The van der Waals surface area contributed by atoms with E-state index in [9.17, 15) is 0 Å². The summed E-state index contributed by atoms with van der Waals surface area (Å²) < 4.78 is 4.12. The van der Waals surface area contributed by atoms with E-state index in [2.05, 4.69) is 73.0 Å². The fourth-order valence-corrected chi connectivity index (χ4v) is 2.04. The van der Waals surface area contributed by atoms with Crippen molar-refractivity contribution in [3.8, 4) is 0 Å². The monoisotopic (exact) mass is 275 g/mol. The van der Waals surface area contributed by atoms with Crippen molar-refractivity contribution in [3.05, 3.63) is 36.2 Å². The number of nitrogens with one attached hydrogen (secondary N) is 1. The van der Waals surface area contributed by atoms with Gasteiger partial charge in [0.2, 0.25) is 0 Å². The molecule has 0 aliphatic carbocycles. The van der Waals surface area contributed by atoms with Crippen LogP contribution < -0.4 is 5.32 Å². The van der Waals surface area contributed by atoms with Crippen molar-refractivity contribution >= 4 is 0 Å². The molecule has 0 fully saturated rings. The molecule has 0 saturated heterocycles. The summed E-state index contributed by atoms with van der Waals surface area (Å²) in [7, 11) is 0. The molecule has 5 heteroatoms. The van der Waals surface area contributed by atoms with E-state index in [4.69, 9.17) is 0 Å². The van der Waals surface area contributed by atoms with Crippen molar-refractivity contribution in [2.45, 2.75) is 59.3 Å². The average molecular weight is 275 g/mol. The van der Waals surface area contributed by atoms with Gasteiger partial charge in [-0.15, -0.1) is 0 Å². The van der Waals surface area contributed by atoms with Crippen molar-refractivity contribution in [1.82, 2.24) is 24.6 Å². The fraction of sp³-hybridized carbons (Fsp3) is 0.600. The van der Waals surface area contributed by atoms with Crippen LogP contribution in [0.4, 0.5) is 0 Å². The molecular formula is C15H25N5. The SMILES string of the molecule is CC(C)n1ncnc1Cn1ccc(CNC(C)(C)C)c1. The minimum Gasteiger partial charge on any atom is -0.346 e. The second kappa shape index (κ2) is 5.79. The van der Waals surface area contributed by atoms with Crippen LogP contribution in [0.3, 0.4) is 0 Å². The third-order valence-electron chi connectivity index (χ3n) is 3.09. The van der Waals surface area contributed by atoms with E-state index < -0.39 is 0 Å². The summed E-state index contributed by atoms with van der Waals surface area (Å²) in [4.78, 5) is 4.34. The summed E-state index contributed by atoms with van der Waals surface area (Å²) in [5.41, 5.74) is 1.43. The first kappa shape index (κ1) is 14.8. The first-order valence-electron chi connectivity index (χ1n) is 7.13. The molecule has 2 aromatic heterocycles. The Morgan fingerprint density at radius 3 is 2.70 bits per heavy atom. The summed E-state index contributed by atoms with van der Waals surface area (Å²) >= 11 is 0. The van der Waals surface area contributed by atoms with Gasteiger partial charge in [-0.3, -0.25) is 0 Å².